The standard InChI is InChI=1S/C14H12O4/c1-7-3-4-10-9(5-7)6-11(13(15)16)8(2)12(10)14(17)18/h3-6H,1-2H3,(H,15,16)(H,17,18). The molecule has 0 heterocycles. The molecule has 0 spiro atoms. The lowest BCUT2D eigenvalue weighted by molar-refractivity contribution is 0.0696. The highest BCUT2D eigenvalue weighted by atomic mass is 16.4. The Balaban J connectivity index is 2.96. The van der Waals surface area contributed by atoms with Crippen LogP contribution in [0.25, 0.3) is 10.8 Å². The van der Waals surface area contributed by atoms with Crippen molar-refractivity contribution in [2.75, 3.05) is 0 Å². The van der Waals surface area contributed by atoms with Gasteiger partial charge in [-0.25, -0.2) is 9.59 Å². The summed E-state index contributed by atoms with van der Waals surface area (Å²) in [5, 5.41) is 19.6. The Labute approximate surface area is 103 Å². The lowest BCUT2D eigenvalue weighted by atomic mass is 9.94. The smallest absolute Gasteiger partial charge is 0.336 e. The maximum atomic E-state index is 11.3. The van der Waals surface area contributed by atoms with Crippen LogP contribution in [0.2, 0.25) is 0 Å². The molecular weight excluding hydrogens is 232 g/mol. The molecule has 0 unspecified atom stereocenters. The van der Waals surface area contributed by atoms with E-state index in [0.717, 1.165) is 5.56 Å². The van der Waals surface area contributed by atoms with Crippen LogP contribution in [-0.2, 0) is 0 Å². The first kappa shape index (κ1) is 12.1. The van der Waals surface area contributed by atoms with Crippen LogP contribution in [-0.4, -0.2) is 22.2 Å². The normalized spacial score (nSPS) is 10.6. The highest BCUT2D eigenvalue weighted by molar-refractivity contribution is 6.09. The third kappa shape index (κ3) is 1.82. The van der Waals surface area contributed by atoms with Crippen molar-refractivity contribution in [3.8, 4) is 0 Å². The van der Waals surface area contributed by atoms with Gasteiger partial charge >= 0.3 is 11.9 Å². The first-order valence-electron chi connectivity index (χ1n) is 5.42. The average Bonchev–Trinajstić information content (AvgIpc) is 2.27. The lowest BCUT2D eigenvalue weighted by Crippen LogP contribution is -2.08. The number of carbonyl (C=O) groups is 2. The SMILES string of the molecule is Cc1ccc2c(C(=O)O)c(C)c(C(=O)O)cc2c1. The zero-order chi connectivity index (χ0) is 13.4. The van der Waals surface area contributed by atoms with E-state index in [1.165, 1.54) is 13.0 Å². The van der Waals surface area contributed by atoms with Gasteiger partial charge in [-0.1, -0.05) is 23.8 Å². The zero-order valence-electron chi connectivity index (χ0n) is 10.0. The van der Waals surface area contributed by atoms with Crippen LogP contribution in [0.4, 0.5) is 0 Å². The Morgan fingerprint density at radius 3 is 2.22 bits per heavy atom. The van der Waals surface area contributed by atoms with Crippen molar-refractivity contribution in [2.24, 2.45) is 0 Å². The Kier molecular flexibility index (Phi) is 2.79. The maximum absolute atomic E-state index is 11.3. The maximum Gasteiger partial charge on any atom is 0.336 e. The molecule has 2 aromatic rings. The van der Waals surface area contributed by atoms with Gasteiger partial charge in [0, 0.05) is 0 Å². The van der Waals surface area contributed by atoms with Gasteiger partial charge < -0.3 is 10.2 Å². The summed E-state index contributed by atoms with van der Waals surface area (Å²) in [5.74, 6) is -2.22. The number of carboxylic acids is 2. The summed E-state index contributed by atoms with van der Waals surface area (Å²) in [5.41, 5.74) is 1.33. The molecule has 0 amide bonds. The van der Waals surface area contributed by atoms with Crippen molar-refractivity contribution in [3.05, 3.63) is 46.5 Å². The van der Waals surface area contributed by atoms with Gasteiger partial charge in [0.1, 0.15) is 0 Å². The minimum atomic E-state index is -1.11. The van der Waals surface area contributed by atoms with E-state index in [9.17, 15) is 14.7 Å². The van der Waals surface area contributed by atoms with Crippen LogP contribution in [0.3, 0.4) is 0 Å². The number of carboxylic acid groups (broad SMARTS) is 2. The van der Waals surface area contributed by atoms with Crippen LogP contribution in [0.5, 0.6) is 0 Å². The predicted molar refractivity (Wildman–Crippen MR) is 67.3 cm³/mol. The molecule has 0 atom stereocenters. The second-order valence-corrected chi connectivity index (χ2v) is 4.26. The fraction of sp³-hybridized carbons (Fsp3) is 0.143. The minimum Gasteiger partial charge on any atom is -0.478 e. The van der Waals surface area contributed by atoms with E-state index in [0.29, 0.717) is 10.8 Å². The number of fused-ring (bicyclic) bond motifs is 1. The van der Waals surface area contributed by atoms with E-state index < -0.39 is 11.9 Å². The molecular formula is C14H12O4. The molecule has 0 aliphatic carbocycles. The molecule has 2 N–H and O–H groups in total. The van der Waals surface area contributed by atoms with Crippen LogP contribution in [0, 0.1) is 13.8 Å². The van der Waals surface area contributed by atoms with E-state index in [2.05, 4.69) is 0 Å². The van der Waals surface area contributed by atoms with Crippen molar-refractivity contribution >= 4 is 22.7 Å². The summed E-state index contributed by atoms with van der Waals surface area (Å²) >= 11 is 0. The first-order chi connectivity index (χ1) is 8.41. The van der Waals surface area contributed by atoms with Crippen molar-refractivity contribution in [1.29, 1.82) is 0 Å². The lowest BCUT2D eigenvalue weighted by Gasteiger charge is -2.10. The van der Waals surface area contributed by atoms with Crippen LogP contribution in [0.1, 0.15) is 31.8 Å². The summed E-state index contributed by atoms with van der Waals surface area (Å²) in [7, 11) is 0. The molecule has 0 radical (unpaired) electrons. The van der Waals surface area contributed by atoms with Gasteiger partial charge in [0.15, 0.2) is 0 Å². The third-order valence-corrected chi connectivity index (χ3v) is 3.00. The van der Waals surface area contributed by atoms with Crippen LogP contribution in [0.15, 0.2) is 24.3 Å². The Bertz CT molecular complexity index is 671. The third-order valence-electron chi connectivity index (χ3n) is 3.00. The molecule has 18 heavy (non-hydrogen) atoms. The zero-order valence-corrected chi connectivity index (χ0v) is 10.0. The second kappa shape index (κ2) is 4.14. The fourth-order valence-corrected chi connectivity index (χ4v) is 2.13. The van der Waals surface area contributed by atoms with E-state index in [1.807, 2.05) is 13.0 Å². The summed E-state index contributed by atoms with van der Waals surface area (Å²) < 4.78 is 0. The monoisotopic (exact) mass is 244 g/mol. The molecule has 2 rings (SSSR count). The highest BCUT2D eigenvalue weighted by Gasteiger charge is 2.19. The number of benzene rings is 2. The van der Waals surface area contributed by atoms with Gasteiger partial charge in [0.05, 0.1) is 11.1 Å². The number of hydrogen-bond acceptors (Lipinski definition) is 2. The summed E-state index contributed by atoms with van der Waals surface area (Å²) in [6.07, 6.45) is 0. The fourth-order valence-electron chi connectivity index (χ4n) is 2.13. The number of rotatable bonds is 2. The van der Waals surface area contributed by atoms with Crippen molar-refractivity contribution in [3.63, 3.8) is 0 Å². The van der Waals surface area contributed by atoms with Crippen molar-refractivity contribution < 1.29 is 19.8 Å². The molecule has 0 aliphatic rings. The Morgan fingerprint density at radius 2 is 1.67 bits per heavy atom. The quantitative estimate of drug-likeness (QED) is 0.851. The highest BCUT2D eigenvalue weighted by Crippen LogP contribution is 2.26. The topological polar surface area (TPSA) is 74.6 Å². The van der Waals surface area contributed by atoms with Gasteiger partial charge in [-0.3, -0.25) is 0 Å². The number of aryl methyl sites for hydroxylation is 1. The molecule has 0 saturated heterocycles. The minimum absolute atomic E-state index is 0.0329. The molecule has 4 heteroatoms. The van der Waals surface area contributed by atoms with Crippen molar-refractivity contribution in [2.45, 2.75) is 13.8 Å². The molecule has 0 aliphatic heterocycles. The molecule has 0 fully saturated rings. The molecule has 0 aromatic heterocycles. The van der Waals surface area contributed by atoms with Crippen LogP contribution < -0.4 is 0 Å². The number of hydrogen-bond donors (Lipinski definition) is 2. The molecule has 0 saturated carbocycles. The summed E-state index contributed by atoms with van der Waals surface area (Å²) in [4.78, 5) is 22.4. The van der Waals surface area contributed by atoms with Gasteiger partial charge in [-0.2, -0.15) is 0 Å². The summed E-state index contributed by atoms with van der Waals surface area (Å²) in [6.45, 7) is 3.40. The first-order valence-corrected chi connectivity index (χ1v) is 5.42. The van der Waals surface area contributed by atoms with E-state index in [4.69, 9.17) is 5.11 Å². The number of aromatic carboxylic acids is 2. The molecule has 92 valence electrons. The van der Waals surface area contributed by atoms with Gasteiger partial charge in [0.25, 0.3) is 0 Å². The van der Waals surface area contributed by atoms with Crippen molar-refractivity contribution in [1.82, 2.24) is 0 Å². The van der Waals surface area contributed by atoms with E-state index in [1.54, 1.807) is 12.1 Å². The molecule has 2 aromatic carbocycles. The molecule has 0 bridgehead atoms. The predicted octanol–water partition coefficient (Wildman–Crippen LogP) is 2.85. The van der Waals surface area contributed by atoms with Gasteiger partial charge in [-0.15, -0.1) is 0 Å². The van der Waals surface area contributed by atoms with E-state index in [-0.39, 0.29) is 16.7 Å². The van der Waals surface area contributed by atoms with Gasteiger partial charge in [-0.05, 0) is 36.2 Å². The largest absolute Gasteiger partial charge is 0.478 e. The molecule has 4 nitrogen and oxygen atoms in total. The Morgan fingerprint density at radius 1 is 1.00 bits per heavy atom. The second-order valence-electron chi connectivity index (χ2n) is 4.26. The summed E-state index contributed by atoms with van der Waals surface area (Å²) in [6, 6.07) is 6.83. The van der Waals surface area contributed by atoms with E-state index >= 15 is 0 Å². The van der Waals surface area contributed by atoms with Gasteiger partial charge in [0.2, 0.25) is 0 Å². The Hall–Kier alpha value is -2.36. The average molecular weight is 244 g/mol. The van der Waals surface area contributed by atoms with Crippen LogP contribution >= 0.6 is 0 Å².